The number of amidine groups is 1. The molecule has 0 radical (unpaired) electrons. The van der Waals surface area contributed by atoms with Crippen LogP contribution in [0.4, 0.5) is 5.69 Å². The number of benzene rings is 3. The van der Waals surface area contributed by atoms with E-state index in [1.165, 1.54) is 17.3 Å². The molecule has 1 N–H and O–H groups in total. The second-order valence-electron chi connectivity index (χ2n) is 8.15. The lowest BCUT2D eigenvalue weighted by molar-refractivity contribution is -0.117. The van der Waals surface area contributed by atoms with Gasteiger partial charge in [-0.25, -0.2) is 0 Å². The van der Waals surface area contributed by atoms with Crippen molar-refractivity contribution in [3.8, 4) is 5.69 Å². The summed E-state index contributed by atoms with van der Waals surface area (Å²) in [6.07, 6.45) is 2.33. The number of para-hydroxylation sites is 2. The first-order valence-electron chi connectivity index (χ1n) is 11.6. The van der Waals surface area contributed by atoms with Crippen molar-refractivity contribution in [2.75, 3.05) is 17.3 Å². The first-order valence-corrected chi connectivity index (χ1v) is 12.6. The quantitative estimate of drug-likeness (QED) is 0.375. The van der Waals surface area contributed by atoms with Gasteiger partial charge >= 0.3 is 0 Å². The number of hydrogen-bond acceptors (Lipinski definition) is 6. The number of thioether (sulfide) groups is 1. The number of amides is 1. The van der Waals surface area contributed by atoms with E-state index in [2.05, 4.69) is 32.7 Å². The Morgan fingerprint density at radius 1 is 0.829 bits per heavy atom. The van der Waals surface area contributed by atoms with E-state index in [4.69, 9.17) is 0 Å². The Morgan fingerprint density at radius 2 is 1.49 bits per heavy atom. The summed E-state index contributed by atoms with van der Waals surface area (Å²) in [4.78, 5) is 12.7. The number of rotatable bonds is 8. The number of nitrogens with zero attached hydrogens (tertiary/aromatic N) is 5. The van der Waals surface area contributed by atoms with Crippen LogP contribution in [0.2, 0.25) is 0 Å². The first-order chi connectivity index (χ1) is 17.3. The van der Waals surface area contributed by atoms with Crippen LogP contribution in [0.3, 0.4) is 0 Å². The minimum Gasteiger partial charge on any atom is -0.312 e. The molecule has 176 valence electrons. The normalized spacial score (nSPS) is 13.0. The third-order valence-electron chi connectivity index (χ3n) is 5.67. The van der Waals surface area contributed by atoms with Crippen LogP contribution in [0.5, 0.6) is 0 Å². The SMILES string of the molecule is O=C(CSc1nnc(CCc2ccccc2)n1-c1ccccc1)NC1=NN(c2ccccc2)CC1. The predicted molar refractivity (Wildman–Crippen MR) is 140 cm³/mol. The molecule has 0 fully saturated rings. The van der Waals surface area contributed by atoms with Crippen molar-refractivity contribution >= 4 is 29.2 Å². The summed E-state index contributed by atoms with van der Waals surface area (Å²) in [6, 6.07) is 30.3. The molecule has 0 saturated heterocycles. The molecule has 3 aromatic carbocycles. The average Bonchev–Trinajstić information content (AvgIpc) is 3.55. The minimum atomic E-state index is -0.0999. The van der Waals surface area contributed by atoms with Gasteiger partial charge in [0.15, 0.2) is 5.16 Å². The molecule has 1 amide bonds. The van der Waals surface area contributed by atoms with E-state index in [9.17, 15) is 4.79 Å². The fourth-order valence-electron chi connectivity index (χ4n) is 3.95. The molecule has 0 spiro atoms. The van der Waals surface area contributed by atoms with E-state index in [1.807, 2.05) is 88.4 Å². The molecule has 0 saturated carbocycles. The molecular weight excluding hydrogens is 456 g/mol. The number of aromatic nitrogens is 3. The molecule has 8 heteroatoms. The van der Waals surface area contributed by atoms with E-state index in [0.717, 1.165) is 36.6 Å². The first kappa shape index (κ1) is 22.9. The predicted octanol–water partition coefficient (Wildman–Crippen LogP) is 4.48. The fraction of sp³-hybridized carbons (Fsp3) is 0.185. The van der Waals surface area contributed by atoms with Crippen molar-refractivity contribution in [1.29, 1.82) is 0 Å². The van der Waals surface area contributed by atoms with Gasteiger partial charge in [-0.3, -0.25) is 14.4 Å². The van der Waals surface area contributed by atoms with Gasteiger partial charge in [0.2, 0.25) is 5.91 Å². The van der Waals surface area contributed by atoms with Crippen LogP contribution in [0.15, 0.2) is 101 Å². The van der Waals surface area contributed by atoms with Gasteiger partial charge in [-0.15, -0.1) is 10.2 Å². The molecule has 0 aliphatic carbocycles. The second kappa shape index (κ2) is 11.0. The fourth-order valence-corrected chi connectivity index (χ4v) is 4.72. The summed E-state index contributed by atoms with van der Waals surface area (Å²) in [7, 11) is 0. The highest BCUT2D eigenvalue weighted by atomic mass is 32.2. The molecular formula is C27H26N6OS. The van der Waals surface area contributed by atoms with Crippen LogP contribution in [-0.2, 0) is 17.6 Å². The Hall–Kier alpha value is -3.91. The van der Waals surface area contributed by atoms with Crippen molar-refractivity contribution in [1.82, 2.24) is 20.1 Å². The molecule has 1 aliphatic rings. The second-order valence-corrected chi connectivity index (χ2v) is 9.09. The molecule has 2 heterocycles. The van der Waals surface area contributed by atoms with Crippen LogP contribution < -0.4 is 10.3 Å². The highest BCUT2D eigenvalue weighted by Crippen LogP contribution is 2.23. The number of hydrazone groups is 1. The van der Waals surface area contributed by atoms with Crippen molar-refractivity contribution in [2.45, 2.75) is 24.4 Å². The maximum absolute atomic E-state index is 12.7. The number of aryl methyl sites for hydroxylation is 2. The lowest BCUT2D eigenvalue weighted by Crippen LogP contribution is -2.30. The topological polar surface area (TPSA) is 75.4 Å². The van der Waals surface area contributed by atoms with Gasteiger partial charge in [-0.05, 0) is 36.2 Å². The zero-order valence-electron chi connectivity index (χ0n) is 19.2. The third-order valence-corrected chi connectivity index (χ3v) is 6.60. The van der Waals surface area contributed by atoms with Gasteiger partial charge < -0.3 is 5.32 Å². The van der Waals surface area contributed by atoms with E-state index in [-0.39, 0.29) is 11.7 Å². The summed E-state index contributed by atoms with van der Waals surface area (Å²) in [6.45, 7) is 0.750. The van der Waals surface area contributed by atoms with Gasteiger partial charge in [-0.2, -0.15) is 5.10 Å². The lowest BCUT2D eigenvalue weighted by Gasteiger charge is -2.12. The standard InChI is InChI=1S/C27H26N6OS/c34-26(28-24-18-19-32(31-24)22-12-6-2-7-13-22)20-35-27-30-29-25(17-16-21-10-4-1-5-11-21)33(27)23-14-8-3-9-15-23/h1-15H,16-20H2,(H,28,31,34). The third kappa shape index (κ3) is 5.78. The molecule has 0 unspecified atom stereocenters. The maximum atomic E-state index is 12.7. The smallest absolute Gasteiger partial charge is 0.235 e. The summed E-state index contributed by atoms with van der Waals surface area (Å²) in [5.41, 5.74) is 3.26. The van der Waals surface area contributed by atoms with Crippen molar-refractivity contribution in [3.05, 3.63) is 102 Å². The molecule has 0 atom stereocenters. The van der Waals surface area contributed by atoms with Crippen molar-refractivity contribution in [2.24, 2.45) is 5.10 Å². The maximum Gasteiger partial charge on any atom is 0.235 e. The van der Waals surface area contributed by atoms with Gasteiger partial charge in [0.05, 0.1) is 11.4 Å². The van der Waals surface area contributed by atoms with Crippen molar-refractivity contribution in [3.63, 3.8) is 0 Å². The summed E-state index contributed by atoms with van der Waals surface area (Å²) in [5, 5.41) is 19.0. The van der Waals surface area contributed by atoms with Crippen LogP contribution in [0.1, 0.15) is 17.8 Å². The summed E-state index contributed by atoms with van der Waals surface area (Å²) >= 11 is 1.38. The summed E-state index contributed by atoms with van der Waals surface area (Å²) in [5.74, 6) is 1.69. The zero-order valence-corrected chi connectivity index (χ0v) is 20.1. The number of carbonyl (C=O) groups excluding carboxylic acids is 1. The monoisotopic (exact) mass is 482 g/mol. The highest BCUT2D eigenvalue weighted by molar-refractivity contribution is 7.99. The Labute approximate surface area is 208 Å². The summed E-state index contributed by atoms with van der Waals surface area (Å²) < 4.78 is 2.05. The van der Waals surface area contributed by atoms with Crippen LogP contribution >= 0.6 is 11.8 Å². The molecule has 7 nitrogen and oxygen atoms in total. The lowest BCUT2D eigenvalue weighted by atomic mass is 10.1. The van der Waals surface area contributed by atoms with E-state index in [0.29, 0.717) is 17.4 Å². The van der Waals surface area contributed by atoms with Gasteiger partial charge in [0.25, 0.3) is 0 Å². The largest absolute Gasteiger partial charge is 0.312 e. The highest BCUT2D eigenvalue weighted by Gasteiger charge is 2.19. The van der Waals surface area contributed by atoms with E-state index >= 15 is 0 Å². The zero-order chi connectivity index (χ0) is 23.9. The molecule has 1 aliphatic heterocycles. The number of anilines is 1. The van der Waals surface area contributed by atoms with Crippen molar-refractivity contribution < 1.29 is 4.79 Å². The Bertz CT molecular complexity index is 1290. The van der Waals surface area contributed by atoms with Crippen LogP contribution in [-0.4, -0.2) is 38.8 Å². The Balaban J connectivity index is 1.25. The number of nitrogens with one attached hydrogen (secondary N) is 1. The van der Waals surface area contributed by atoms with Crippen LogP contribution in [0, 0.1) is 0 Å². The van der Waals surface area contributed by atoms with Gasteiger partial charge in [0.1, 0.15) is 11.7 Å². The Kier molecular flexibility index (Phi) is 7.19. The molecule has 4 aromatic rings. The minimum absolute atomic E-state index is 0.0999. The number of carbonyl (C=O) groups is 1. The van der Waals surface area contributed by atoms with E-state index < -0.39 is 0 Å². The van der Waals surface area contributed by atoms with Gasteiger partial charge in [-0.1, -0.05) is 78.5 Å². The molecule has 35 heavy (non-hydrogen) atoms. The van der Waals surface area contributed by atoms with E-state index in [1.54, 1.807) is 0 Å². The molecule has 1 aromatic heterocycles. The molecule has 5 rings (SSSR count). The Morgan fingerprint density at radius 3 is 2.20 bits per heavy atom. The number of hydrogen-bond donors (Lipinski definition) is 1. The van der Waals surface area contributed by atoms with Gasteiger partial charge in [0, 0.05) is 25.1 Å². The molecule has 0 bridgehead atoms. The van der Waals surface area contributed by atoms with Crippen LogP contribution in [0.25, 0.3) is 5.69 Å². The average molecular weight is 483 g/mol.